The summed E-state index contributed by atoms with van der Waals surface area (Å²) in [6, 6.07) is 14.2. The fourth-order valence-corrected chi connectivity index (χ4v) is 4.18. The van der Waals surface area contributed by atoms with Crippen LogP contribution in [-0.4, -0.2) is 46.4 Å². The number of piperidine rings is 1. The topological polar surface area (TPSA) is 45.7 Å². The molecule has 1 amide bonds. The molecule has 0 bridgehead atoms. The lowest BCUT2D eigenvalue weighted by Gasteiger charge is -2.37. The second-order valence-corrected chi connectivity index (χ2v) is 7.62. The Hall–Kier alpha value is -2.40. The molecule has 1 aromatic carbocycles. The zero-order valence-electron chi connectivity index (χ0n) is 15.9. The Balaban J connectivity index is 1.50. The van der Waals surface area contributed by atoms with E-state index in [0.717, 1.165) is 49.5 Å². The number of rotatable bonds is 3. The van der Waals surface area contributed by atoms with Gasteiger partial charge in [0.15, 0.2) is 0 Å². The lowest BCUT2D eigenvalue weighted by Crippen LogP contribution is -2.46. The summed E-state index contributed by atoms with van der Waals surface area (Å²) >= 11 is 0. The van der Waals surface area contributed by atoms with E-state index in [0.29, 0.717) is 19.0 Å². The largest absolute Gasteiger partial charge is 0.488 e. The standard InChI is InChI=1S/C22H27N3O2/c1-17(26)25-14-19-7-2-3-10-21(19)27-22(16-25)18-8-6-12-24(13-18)15-20-9-4-5-11-23-20/h2-5,7,9-11,18,22H,6,8,12-16H2,1H3/t18-,22-/m1/s1. The summed E-state index contributed by atoms with van der Waals surface area (Å²) in [5.41, 5.74) is 2.20. The fraction of sp³-hybridized carbons (Fsp3) is 0.455. The van der Waals surface area contributed by atoms with Crippen molar-refractivity contribution < 1.29 is 9.53 Å². The molecule has 2 aromatic rings. The van der Waals surface area contributed by atoms with Crippen LogP contribution in [0.3, 0.4) is 0 Å². The van der Waals surface area contributed by atoms with E-state index in [1.54, 1.807) is 6.92 Å². The van der Waals surface area contributed by atoms with Gasteiger partial charge in [0.25, 0.3) is 0 Å². The molecular weight excluding hydrogens is 338 g/mol. The van der Waals surface area contributed by atoms with Gasteiger partial charge < -0.3 is 9.64 Å². The maximum atomic E-state index is 12.1. The van der Waals surface area contributed by atoms with E-state index in [2.05, 4.69) is 22.0 Å². The van der Waals surface area contributed by atoms with Crippen LogP contribution in [0.2, 0.25) is 0 Å². The average molecular weight is 365 g/mol. The summed E-state index contributed by atoms with van der Waals surface area (Å²) < 4.78 is 6.44. The summed E-state index contributed by atoms with van der Waals surface area (Å²) in [7, 11) is 0. The van der Waals surface area contributed by atoms with E-state index < -0.39 is 0 Å². The van der Waals surface area contributed by atoms with Crippen molar-refractivity contribution >= 4 is 5.91 Å². The van der Waals surface area contributed by atoms with Crippen LogP contribution >= 0.6 is 0 Å². The molecule has 5 heteroatoms. The highest BCUT2D eigenvalue weighted by Gasteiger charge is 2.33. The van der Waals surface area contributed by atoms with Crippen LogP contribution in [0, 0.1) is 5.92 Å². The van der Waals surface area contributed by atoms with Crippen molar-refractivity contribution in [3.63, 3.8) is 0 Å². The van der Waals surface area contributed by atoms with Crippen molar-refractivity contribution in [3.8, 4) is 5.75 Å². The predicted molar refractivity (Wildman–Crippen MR) is 104 cm³/mol. The third kappa shape index (κ3) is 4.30. The predicted octanol–water partition coefficient (Wildman–Crippen LogP) is 3.10. The molecule has 142 valence electrons. The number of ether oxygens (including phenoxy) is 1. The van der Waals surface area contributed by atoms with Gasteiger partial charge >= 0.3 is 0 Å². The number of para-hydroxylation sites is 1. The first-order valence-electron chi connectivity index (χ1n) is 9.81. The van der Waals surface area contributed by atoms with Crippen molar-refractivity contribution in [1.29, 1.82) is 0 Å². The summed E-state index contributed by atoms with van der Waals surface area (Å²) in [6.45, 7) is 5.89. The summed E-state index contributed by atoms with van der Waals surface area (Å²) in [5, 5.41) is 0. The van der Waals surface area contributed by atoms with Crippen molar-refractivity contribution in [2.45, 2.75) is 39.0 Å². The lowest BCUT2D eigenvalue weighted by molar-refractivity contribution is -0.130. The molecule has 0 aliphatic carbocycles. The first kappa shape index (κ1) is 18.0. The minimum atomic E-state index is 0.0316. The van der Waals surface area contributed by atoms with Crippen LogP contribution in [0.4, 0.5) is 0 Å². The van der Waals surface area contributed by atoms with Crippen molar-refractivity contribution in [2.75, 3.05) is 19.6 Å². The quantitative estimate of drug-likeness (QED) is 0.838. The third-order valence-corrected chi connectivity index (χ3v) is 5.64. The molecule has 2 aliphatic heterocycles. The fourth-order valence-electron chi connectivity index (χ4n) is 4.18. The zero-order valence-corrected chi connectivity index (χ0v) is 15.9. The van der Waals surface area contributed by atoms with Crippen molar-refractivity contribution in [1.82, 2.24) is 14.8 Å². The van der Waals surface area contributed by atoms with Crippen LogP contribution in [0.5, 0.6) is 5.75 Å². The minimum Gasteiger partial charge on any atom is -0.488 e. The van der Waals surface area contributed by atoms with Crippen LogP contribution in [0.15, 0.2) is 48.7 Å². The average Bonchev–Trinajstić information content (AvgIpc) is 2.89. The van der Waals surface area contributed by atoms with Gasteiger partial charge in [-0.1, -0.05) is 24.3 Å². The summed E-state index contributed by atoms with van der Waals surface area (Å²) in [5.74, 6) is 1.45. The van der Waals surface area contributed by atoms with E-state index in [1.807, 2.05) is 41.4 Å². The lowest BCUT2D eigenvalue weighted by atomic mass is 9.91. The van der Waals surface area contributed by atoms with E-state index in [-0.39, 0.29) is 12.0 Å². The number of carbonyl (C=O) groups excluding carboxylic acids is 1. The van der Waals surface area contributed by atoms with E-state index in [1.165, 1.54) is 0 Å². The Morgan fingerprint density at radius 3 is 2.85 bits per heavy atom. The number of fused-ring (bicyclic) bond motifs is 1. The molecule has 1 aromatic heterocycles. The van der Waals surface area contributed by atoms with Gasteiger partial charge in [0.05, 0.1) is 12.2 Å². The van der Waals surface area contributed by atoms with E-state index in [9.17, 15) is 4.79 Å². The van der Waals surface area contributed by atoms with Gasteiger partial charge in [-0.3, -0.25) is 14.7 Å². The molecule has 0 N–H and O–H groups in total. The Bertz CT molecular complexity index is 780. The molecule has 27 heavy (non-hydrogen) atoms. The molecule has 2 atom stereocenters. The third-order valence-electron chi connectivity index (χ3n) is 5.64. The van der Waals surface area contributed by atoms with Gasteiger partial charge in [-0.15, -0.1) is 0 Å². The number of nitrogens with zero attached hydrogens (tertiary/aromatic N) is 3. The molecule has 0 unspecified atom stereocenters. The number of pyridine rings is 1. The number of aromatic nitrogens is 1. The first-order chi connectivity index (χ1) is 13.2. The Labute approximate surface area is 161 Å². The van der Waals surface area contributed by atoms with Gasteiger partial charge in [0, 0.05) is 44.2 Å². The highest BCUT2D eigenvalue weighted by molar-refractivity contribution is 5.73. The number of hydrogen-bond acceptors (Lipinski definition) is 4. The van der Waals surface area contributed by atoms with Crippen LogP contribution in [0.25, 0.3) is 0 Å². The van der Waals surface area contributed by atoms with Crippen molar-refractivity contribution in [2.24, 2.45) is 5.92 Å². The molecule has 0 saturated carbocycles. The molecule has 0 spiro atoms. The van der Waals surface area contributed by atoms with Gasteiger partial charge in [-0.25, -0.2) is 0 Å². The number of carbonyl (C=O) groups is 1. The maximum absolute atomic E-state index is 12.1. The molecule has 3 heterocycles. The smallest absolute Gasteiger partial charge is 0.219 e. The first-order valence-corrected chi connectivity index (χ1v) is 9.81. The number of likely N-dealkylation sites (tertiary alicyclic amines) is 1. The molecule has 0 radical (unpaired) electrons. The molecule has 4 rings (SSSR count). The normalized spacial score (nSPS) is 23.2. The molecule has 5 nitrogen and oxygen atoms in total. The highest BCUT2D eigenvalue weighted by Crippen LogP contribution is 2.30. The van der Waals surface area contributed by atoms with Gasteiger partial charge in [-0.2, -0.15) is 0 Å². The SMILES string of the molecule is CC(=O)N1Cc2ccccc2O[C@@H]([C@@H]2CCCN(Cc3ccccn3)C2)C1. The monoisotopic (exact) mass is 365 g/mol. The molecule has 1 saturated heterocycles. The second-order valence-electron chi connectivity index (χ2n) is 7.62. The zero-order chi connectivity index (χ0) is 18.6. The second kappa shape index (κ2) is 8.09. The maximum Gasteiger partial charge on any atom is 0.219 e. The molecule has 2 aliphatic rings. The van der Waals surface area contributed by atoms with E-state index >= 15 is 0 Å². The molecular formula is C22H27N3O2. The van der Waals surface area contributed by atoms with Crippen LogP contribution in [-0.2, 0) is 17.9 Å². The Morgan fingerprint density at radius 2 is 2.04 bits per heavy atom. The number of benzene rings is 1. The Kier molecular flexibility index (Phi) is 5.39. The number of amides is 1. The van der Waals surface area contributed by atoms with Crippen molar-refractivity contribution in [3.05, 3.63) is 59.9 Å². The Morgan fingerprint density at radius 1 is 1.19 bits per heavy atom. The number of hydrogen-bond donors (Lipinski definition) is 0. The summed E-state index contributed by atoms with van der Waals surface area (Å²) in [4.78, 5) is 21.0. The van der Waals surface area contributed by atoms with Crippen LogP contribution in [0.1, 0.15) is 31.0 Å². The minimum absolute atomic E-state index is 0.0316. The van der Waals surface area contributed by atoms with Crippen LogP contribution < -0.4 is 4.74 Å². The summed E-state index contributed by atoms with van der Waals surface area (Å²) in [6.07, 6.45) is 4.17. The van der Waals surface area contributed by atoms with E-state index in [4.69, 9.17) is 4.74 Å². The highest BCUT2D eigenvalue weighted by atomic mass is 16.5. The molecule has 1 fully saturated rings. The van der Waals surface area contributed by atoms with Gasteiger partial charge in [0.2, 0.25) is 5.91 Å². The van der Waals surface area contributed by atoms with Gasteiger partial charge in [0.1, 0.15) is 11.9 Å². The van der Waals surface area contributed by atoms with Gasteiger partial charge in [-0.05, 0) is 37.6 Å².